The van der Waals surface area contributed by atoms with Gasteiger partial charge in [0.05, 0.1) is 6.42 Å². The summed E-state index contributed by atoms with van der Waals surface area (Å²) in [5.74, 6) is -0.696. The summed E-state index contributed by atoms with van der Waals surface area (Å²) in [5.41, 5.74) is -0.528. The van der Waals surface area contributed by atoms with Crippen molar-refractivity contribution in [1.82, 2.24) is 9.80 Å². The topological polar surface area (TPSA) is 40.6 Å². The molecule has 1 atom stereocenters. The molecule has 2 saturated heterocycles. The highest BCUT2D eigenvalue weighted by atomic mass is 35.5. The SMILES string of the molecule is CN1CCCC2(CCCN2C(=O)Cc2c(F)cccc2Cl)C1=O. The van der Waals surface area contributed by atoms with Crippen LogP contribution in [0.5, 0.6) is 0 Å². The number of likely N-dealkylation sites (tertiary alicyclic amines) is 2. The van der Waals surface area contributed by atoms with Crippen LogP contribution in [0.1, 0.15) is 31.2 Å². The lowest BCUT2D eigenvalue weighted by Crippen LogP contribution is -2.60. The van der Waals surface area contributed by atoms with Crippen LogP contribution >= 0.6 is 11.6 Å². The molecule has 124 valence electrons. The van der Waals surface area contributed by atoms with E-state index in [-0.39, 0.29) is 28.8 Å². The van der Waals surface area contributed by atoms with Gasteiger partial charge in [0.15, 0.2) is 0 Å². The Morgan fingerprint density at radius 1 is 1.30 bits per heavy atom. The van der Waals surface area contributed by atoms with E-state index < -0.39 is 11.4 Å². The van der Waals surface area contributed by atoms with Crippen LogP contribution in [-0.2, 0) is 16.0 Å². The zero-order valence-corrected chi connectivity index (χ0v) is 13.9. The summed E-state index contributed by atoms with van der Waals surface area (Å²) in [4.78, 5) is 28.8. The van der Waals surface area contributed by atoms with Gasteiger partial charge >= 0.3 is 0 Å². The van der Waals surface area contributed by atoms with Gasteiger partial charge in [0, 0.05) is 30.7 Å². The lowest BCUT2D eigenvalue weighted by atomic mass is 9.85. The molecule has 0 bridgehead atoms. The fourth-order valence-electron chi connectivity index (χ4n) is 3.84. The first-order chi connectivity index (χ1) is 11.0. The van der Waals surface area contributed by atoms with Gasteiger partial charge in [0.25, 0.3) is 0 Å². The summed E-state index contributed by atoms with van der Waals surface area (Å²) in [7, 11) is 1.78. The van der Waals surface area contributed by atoms with E-state index in [4.69, 9.17) is 11.6 Å². The molecular weight excluding hydrogens is 319 g/mol. The third-order valence-electron chi connectivity index (χ3n) is 5.01. The zero-order chi connectivity index (χ0) is 16.6. The number of nitrogens with zero attached hydrogens (tertiary/aromatic N) is 2. The largest absolute Gasteiger partial charge is 0.344 e. The van der Waals surface area contributed by atoms with Gasteiger partial charge in [0.1, 0.15) is 11.4 Å². The Labute approximate surface area is 140 Å². The zero-order valence-electron chi connectivity index (χ0n) is 13.1. The molecule has 2 fully saturated rings. The number of amides is 2. The summed E-state index contributed by atoms with van der Waals surface area (Å²) >= 11 is 6.02. The number of piperidine rings is 1. The highest BCUT2D eigenvalue weighted by Crippen LogP contribution is 2.38. The molecule has 1 unspecified atom stereocenters. The van der Waals surface area contributed by atoms with Crippen LogP contribution in [0.2, 0.25) is 5.02 Å². The van der Waals surface area contributed by atoms with Crippen molar-refractivity contribution in [3.8, 4) is 0 Å². The minimum Gasteiger partial charge on any atom is -0.344 e. The number of hydrogen-bond donors (Lipinski definition) is 0. The quantitative estimate of drug-likeness (QED) is 0.831. The van der Waals surface area contributed by atoms with Gasteiger partial charge in [-0.05, 0) is 37.8 Å². The third kappa shape index (κ3) is 2.71. The lowest BCUT2D eigenvalue weighted by molar-refractivity contribution is -0.153. The van der Waals surface area contributed by atoms with Crippen molar-refractivity contribution in [2.75, 3.05) is 20.1 Å². The van der Waals surface area contributed by atoms with Gasteiger partial charge < -0.3 is 9.80 Å². The third-order valence-corrected chi connectivity index (χ3v) is 5.36. The van der Waals surface area contributed by atoms with Crippen LogP contribution in [-0.4, -0.2) is 47.3 Å². The second-order valence-electron chi connectivity index (χ2n) is 6.39. The van der Waals surface area contributed by atoms with E-state index in [9.17, 15) is 14.0 Å². The van der Waals surface area contributed by atoms with Gasteiger partial charge in [-0.2, -0.15) is 0 Å². The van der Waals surface area contributed by atoms with E-state index in [2.05, 4.69) is 0 Å². The van der Waals surface area contributed by atoms with Crippen LogP contribution in [0.15, 0.2) is 18.2 Å². The van der Waals surface area contributed by atoms with E-state index in [1.165, 1.54) is 12.1 Å². The highest BCUT2D eigenvalue weighted by molar-refractivity contribution is 6.31. The van der Waals surface area contributed by atoms with E-state index in [1.54, 1.807) is 22.9 Å². The molecule has 0 N–H and O–H groups in total. The molecule has 2 heterocycles. The number of halogens is 2. The van der Waals surface area contributed by atoms with Crippen molar-refractivity contribution in [1.29, 1.82) is 0 Å². The van der Waals surface area contributed by atoms with Crippen molar-refractivity contribution >= 4 is 23.4 Å². The summed E-state index contributed by atoms with van der Waals surface area (Å²) in [5, 5.41) is 0.249. The maximum atomic E-state index is 13.9. The first-order valence-electron chi connectivity index (χ1n) is 7.94. The normalized spacial score (nSPS) is 24.6. The molecule has 6 heteroatoms. The summed E-state index contributed by atoms with van der Waals surface area (Å²) < 4.78 is 13.9. The van der Waals surface area contributed by atoms with Crippen molar-refractivity contribution in [2.45, 2.75) is 37.6 Å². The summed E-state index contributed by atoms with van der Waals surface area (Å²) in [6.07, 6.45) is 2.95. The second kappa shape index (κ2) is 6.11. The van der Waals surface area contributed by atoms with Crippen molar-refractivity contribution in [3.05, 3.63) is 34.6 Å². The van der Waals surface area contributed by atoms with Crippen molar-refractivity contribution < 1.29 is 14.0 Å². The molecule has 2 aliphatic rings. The molecule has 23 heavy (non-hydrogen) atoms. The van der Waals surface area contributed by atoms with E-state index in [0.29, 0.717) is 19.4 Å². The van der Waals surface area contributed by atoms with Crippen LogP contribution in [0.4, 0.5) is 4.39 Å². The maximum Gasteiger partial charge on any atom is 0.248 e. The Hall–Kier alpha value is -1.62. The van der Waals surface area contributed by atoms with Crippen LogP contribution in [0.25, 0.3) is 0 Å². The molecule has 0 aliphatic carbocycles. The molecule has 4 nitrogen and oxygen atoms in total. The summed E-state index contributed by atoms with van der Waals surface area (Å²) in [6, 6.07) is 4.39. The van der Waals surface area contributed by atoms with Gasteiger partial charge in [0.2, 0.25) is 11.8 Å². The van der Waals surface area contributed by atoms with E-state index in [0.717, 1.165) is 19.4 Å². The molecule has 0 saturated carbocycles. The minimum absolute atomic E-state index is 0.00855. The number of carbonyl (C=O) groups is 2. The molecule has 1 aromatic carbocycles. The number of benzene rings is 1. The number of likely N-dealkylation sites (N-methyl/N-ethyl adjacent to an activating group) is 1. The van der Waals surface area contributed by atoms with Gasteiger partial charge in [-0.25, -0.2) is 4.39 Å². The monoisotopic (exact) mass is 338 g/mol. The molecule has 2 amide bonds. The first kappa shape index (κ1) is 16.2. The Morgan fingerprint density at radius 3 is 2.70 bits per heavy atom. The fraction of sp³-hybridized carbons (Fsp3) is 0.529. The second-order valence-corrected chi connectivity index (χ2v) is 6.79. The molecular formula is C17H20ClFN2O2. The lowest BCUT2D eigenvalue weighted by Gasteiger charge is -2.43. The van der Waals surface area contributed by atoms with E-state index >= 15 is 0 Å². The Balaban J connectivity index is 1.85. The minimum atomic E-state index is -0.734. The maximum absolute atomic E-state index is 13.9. The molecule has 3 rings (SSSR count). The number of hydrogen-bond acceptors (Lipinski definition) is 2. The predicted molar refractivity (Wildman–Crippen MR) is 85.7 cm³/mol. The number of rotatable bonds is 2. The van der Waals surface area contributed by atoms with Gasteiger partial charge in [-0.1, -0.05) is 17.7 Å². The first-order valence-corrected chi connectivity index (χ1v) is 8.32. The average molecular weight is 339 g/mol. The summed E-state index contributed by atoms with van der Waals surface area (Å²) in [6.45, 7) is 1.27. The van der Waals surface area contributed by atoms with Gasteiger partial charge in [-0.15, -0.1) is 0 Å². The smallest absolute Gasteiger partial charge is 0.248 e. The standard InChI is InChI=1S/C17H20ClFN2O2/c1-20-9-3-7-17(16(20)23)8-4-10-21(17)15(22)11-12-13(18)5-2-6-14(12)19/h2,5-6H,3-4,7-11H2,1H3. The predicted octanol–water partition coefficient (Wildman–Crippen LogP) is 2.64. The Morgan fingerprint density at radius 2 is 2.00 bits per heavy atom. The number of carbonyl (C=O) groups excluding carboxylic acids is 2. The molecule has 2 aliphatic heterocycles. The van der Waals surface area contributed by atoms with Crippen molar-refractivity contribution in [2.24, 2.45) is 0 Å². The van der Waals surface area contributed by atoms with E-state index in [1.807, 2.05) is 0 Å². The van der Waals surface area contributed by atoms with Crippen molar-refractivity contribution in [3.63, 3.8) is 0 Å². The van der Waals surface area contributed by atoms with Crippen LogP contribution < -0.4 is 0 Å². The van der Waals surface area contributed by atoms with Crippen LogP contribution in [0.3, 0.4) is 0 Å². The molecule has 1 spiro atoms. The molecule has 1 aromatic rings. The Bertz CT molecular complexity index is 631. The van der Waals surface area contributed by atoms with Crippen LogP contribution in [0, 0.1) is 5.82 Å². The highest BCUT2D eigenvalue weighted by Gasteiger charge is 2.51. The van der Waals surface area contributed by atoms with Gasteiger partial charge in [-0.3, -0.25) is 9.59 Å². The molecule has 0 aromatic heterocycles. The fourth-order valence-corrected chi connectivity index (χ4v) is 4.07. The molecule has 0 radical (unpaired) electrons. The Kier molecular flexibility index (Phi) is 4.32. The average Bonchev–Trinajstić information content (AvgIpc) is 2.93.